The summed E-state index contributed by atoms with van der Waals surface area (Å²) in [5.41, 5.74) is 2.05. The summed E-state index contributed by atoms with van der Waals surface area (Å²) in [6, 6.07) is 0. The highest BCUT2D eigenvalue weighted by Crippen LogP contribution is 2.28. The Balaban J connectivity index is 2.76. The van der Waals surface area contributed by atoms with E-state index in [4.69, 9.17) is 0 Å². The molecule has 4 nitrogen and oxygen atoms in total. The molecule has 2 rings (SSSR count). The molecule has 0 radical (unpaired) electrons. The fourth-order valence-corrected chi connectivity index (χ4v) is 1.90. The van der Waals surface area contributed by atoms with E-state index in [1.807, 2.05) is 10.6 Å². The Labute approximate surface area is 102 Å². The van der Waals surface area contributed by atoms with E-state index in [2.05, 4.69) is 56.7 Å². The lowest BCUT2D eigenvalue weighted by molar-refractivity contribution is 0.526. The van der Waals surface area contributed by atoms with Gasteiger partial charge in [0.15, 0.2) is 5.65 Å². The van der Waals surface area contributed by atoms with Gasteiger partial charge in [-0.25, -0.2) is 4.98 Å². The van der Waals surface area contributed by atoms with Crippen LogP contribution in [0, 0.1) is 0 Å². The van der Waals surface area contributed by atoms with Crippen LogP contribution in [0.2, 0.25) is 0 Å². The summed E-state index contributed by atoms with van der Waals surface area (Å²) in [5, 5.41) is 8.25. The molecule has 0 fully saturated rings. The van der Waals surface area contributed by atoms with Gasteiger partial charge in [-0.1, -0.05) is 41.5 Å². The highest BCUT2D eigenvalue weighted by Gasteiger charge is 2.25. The Hall–Kier alpha value is -1.45. The summed E-state index contributed by atoms with van der Waals surface area (Å²) in [4.78, 5) is 4.60. The second kappa shape index (κ2) is 3.52. The second-order valence-corrected chi connectivity index (χ2v) is 6.52. The Morgan fingerprint density at radius 1 is 1.00 bits per heavy atom. The van der Waals surface area contributed by atoms with Crippen LogP contribution < -0.4 is 0 Å². The van der Waals surface area contributed by atoms with Gasteiger partial charge in [-0.05, 0) is 5.41 Å². The predicted octanol–water partition coefficient (Wildman–Crippen LogP) is 2.72. The summed E-state index contributed by atoms with van der Waals surface area (Å²) >= 11 is 0. The summed E-state index contributed by atoms with van der Waals surface area (Å²) in [7, 11) is 0. The van der Waals surface area contributed by atoms with Crippen LogP contribution >= 0.6 is 0 Å². The minimum Gasteiger partial charge on any atom is -0.268 e. The average Bonchev–Trinajstić information content (AvgIpc) is 2.60. The molecule has 2 aromatic heterocycles. The van der Waals surface area contributed by atoms with Crippen LogP contribution in [0.3, 0.4) is 0 Å². The van der Waals surface area contributed by atoms with E-state index in [0.717, 1.165) is 17.0 Å². The van der Waals surface area contributed by atoms with Gasteiger partial charge in [0, 0.05) is 17.2 Å². The van der Waals surface area contributed by atoms with Gasteiger partial charge < -0.3 is 0 Å². The van der Waals surface area contributed by atoms with E-state index in [9.17, 15) is 0 Å². The molecule has 92 valence electrons. The molecule has 0 amide bonds. The van der Waals surface area contributed by atoms with Crippen LogP contribution in [0.25, 0.3) is 5.65 Å². The van der Waals surface area contributed by atoms with Crippen molar-refractivity contribution in [3.63, 3.8) is 0 Å². The molecule has 2 heterocycles. The fourth-order valence-electron chi connectivity index (χ4n) is 1.90. The normalized spacial score (nSPS) is 13.3. The highest BCUT2D eigenvalue weighted by atomic mass is 15.2. The lowest BCUT2D eigenvalue weighted by Gasteiger charge is -2.23. The van der Waals surface area contributed by atoms with Crippen LogP contribution in [-0.2, 0) is 10.8 Å². The maximum Gasteiger partial charge on any atom is 0.167 e. The molecule has 2 aromatic rings. The van der Waals surface area contributed by atoms with Crippen LogP contribution in [0.4, 0.5) is 0 Å². The number of nitrogens with zero attached hydrogens (tertiary/aromatic N) is 4. The predicted molar refractivity (Wildman–Crippen MR) is 68.2 cm³/mol. The van der Waals surface area contributed by atoms with Crippen LogP contribution in [0.1, 0.15) is 52.9 Å². The summed E-state index contributed by atoms with van der Waals surface area (Å²) in [6.45, 7) is 12.9. The van der Waals surface area contributed by atoms with E-state index >= 15 is 0 Å². The molecule has 0 aliphatic heterocycles. The number of fused-ring (bicyclic) bond motifs is 1. The first-order valence-corrected chi connectivity index (χ1v) is 5.91. The first-order chi connectivity index (χ1) is 7.71. The molecular weight excluding hydrogens is 212 g/mol. The molecule has 17 heavy (non-hydrogen) atoms. The number of hydrogen-bond acceptors (Lipinski definition) is 3. The van der Waals surface area contributed by atoms with Crippen LogP contribution in [0.15, 0.2) is 12.5 Å². The van der Waals surface area contributed by atoms with Gasteiger partial charge in [0.1, 0.15) is 12.2 Å². The molecule has 0 aliphatic rings. The van der Waals surface area contributed by atoms with E-state index in [1.54, 1.807) is 6.33 Å². The third-order valence-electron chi connectivity index (χ3n) is 2.81. The molecule has 0 saturated heterocycles. The number of rotatable bonds is 0. The molecule has 0 bridgehead atoms. The smallest absolute Gasteiger partial charge is 0.167 e. The molecule has 0 saturated carbocycles. The molecule has 0 unspecified atom stereocenters. The lowest BCUT2D eigenvalue weighted by Crippen LogP contribution is -2.21. The highest BCUT2D eigenvalue weighted by molar-refractivity contribution is 5.50. The molecular formula is C13H20N4. The van der Waals surface area contributed by atoms with Crippen molar-refractivity contribution >= 4 is 5.65 Å². The van der Waals surface area contributed by atoms with Crippen molar-refractivity contribution in [1.82, 2.24) is 19.6 Å². The third kappa shape index (κ3) is 2.04. The van der Waals surface area contributed by atoms with Gasteiger partial charge in [0.25, 0.3) is 0 Å². The zero-order valence-electron chi connectivity index (χ0n) is 11.4. The van der Waals surface area contributed by atoms with Crippen molar-refractivity contribution in [2.75, 3.05) is 0 Å². The summed E-state index contributed by atoms with van der Waals surface area (Å²) in [6.07, 6.45) is 3.68. The standard InChI is InChI=1S/C13H20N4/c1-12(2,3)9-7-14-11(13(4,5)6)17-8-15-16-10(9)17/h7-8H,1-6H3. The van der Waals surface area contributed by atoms with Crippen molar-refractivity contribution in [2.24, 2.45) is 0 Å². The molecule has 0 aromatic carbocycles. The Kier molecular flexibility index (Phi) is 2.49. The van der Waals surface area contributed by atoms with Crippen LogP contribution in [-0.4, -0.2) is 19.6 Å². The van der Waals surface area contributed by atoms with Gasteiger partial charge in [-0.2, -0.15) is 0 Å². The van der Waals surface area contributed by atoms with Crippen molar-refractivity contribution < 1.29 is 0 Å². The first-order valence-electron chi connectivity index (χ1n) is 5.91. The van der Waals surface area contributed by atoms with Crippen molar-refractivity contribution in [3.8, 4) is 0 Å². The number of hydrogen-bond donors (Lipinski definition) is 0. The van der Waals surface area contributed by atoms with E-state index in [0.29, 0.717) is 0 Å². The van der Waals surface area contributed by atoms with Gasteiger partial charge in [-0.3, -0.25) is 4.40 Å². The third-order valence-corrected chi connectivity index (χ3v) is 2.81. The lowest BCUT2D eigenvalue weighted by atomic mass is 9.88. The topological polar surface area (TPSA) is 43.1 Å². The molecule has 0 spiro atoms. The fraction of sp³-hybridized carbons (Fsp3) is 0.615. The van der Waals surface area contributed by atoms with Gasteiger partial charge in [0.05, 0.1) is 0 Å². The first kappa shape index (κ1) is 12.0. The largest absolute Gasteiger partial charge is 0.268 e. The summed E-state index contributed by atoms with van der Waals surface area (Å²) < 4.78 is 2.00. The number of aromatic nitrogens is 4. The van der Waals surface area contributed by atoms with Gasteiger partial charge in [-0.15, -0.1) is 10.2 Å². The zero-order valence-corrected chi connectivity index (χ0v) is 11.4. The van der Waals surface area contributed by atoms with E-state index < -0.39 is 0 Å². The SMILES string of the molecule is CC(C)(C)c1cnc(C(C)(C)C)n2cnnc12. The van der Waals surface area contributed by atoms with Crippen molar-refractivity contribution in [2.45, 2.75) is 52.4 Å². The van der Waals surface area contributed by atoms with Crippen molar-refractivity contribution in [1.29, 1.82) is 0 Å². The van der Waals surface area contributed by atoms with Gasteiger partial charge in [0.2, 0.25) is 0 Å². The summed E-state index contributed by atoms with van der Waals surface area (Å²) in [5.74, 6) is 0.991. The Morgan fingerprint density at radius 3 is 2.18 bits per heavy atom. The molecule has 0 aliphatic carbocycles. The van der Waals surface area contributed by atoms with E-state index in [-0.39, 0.29) is 10.8 Å². The maximum atomic E-state index is 4.60. The van der Waals surface area contributed by atoms with E-state index in [1.165, 1.54) is 0 Å². The Bertz CT molecular complexity index is 493. The van der Waals surface area contributed by atoms with Crippen LogP contribution in [0.5, 0.6) is 0 Å². The van der Waals surface area contributed by atoms with Crippen molar-refractivity contribution in [3.05, 3.63) is 23.9 Å². The second-order valence-electron chi connectivity index (χ2n) is 6.52. The quantitative estimate of drug-likeness (QED) is 0.701. The molecule has 4 heteroatoms. The molecule has 0 N–H and O–H groups in total. The maximum absolute atomic E-state index is 4.60. The van der Waals surface area contributed by atoms with Gasteiger partial charge >= 0.3 is 0 Å². The minimum absolute atomic E-state index is 0.0168. The monoisotopic (exact) mass is 232 g/mol. The minimum atomic E-state index is -0.0168. The average molecular weight is 232 g/mol. The molecule has 0 atom stereocenters. The Morgan fingerprint density at radius 2 is 1.65 bits per heavy atom. The zero-order chi connectivity index (χ0) is 12.8.